The molecule has 2 aromatic heterocycles. The van der Waals surface area contributed by atoms with Gasteiger partial charge in [-0.15, -0.1) is 0 Å². The van der Waals surface area contributed by atoms with Crippen LogP contribution in [0.4, 0.5) is 5.95 Å². The van der Waals surface area contributed by atoms with Crippen LogP contribution in [0.25, 0.3) is 11.2 Å². The lowest BCUT2D eigenvalue weighted by molar-refractivity contribution is 0.278. The Labute approximate surface area is 73.5 Å². The smallest absolute Gasteiger partial charge is 0.222 e. The predicted molar refractivity (Wildman–Crippen MR) is 45.5 cm³/mol. The second-order valence-corrected chi connectivity index (χ2v) is 2.42. The lowest BCUT2D eigenvalue weighted by atomic mass is 10.3. The number of anilines is 1. The van der Waals surface area contributed by atoms with E-state index in [1.807, 2.05) is 0 Å². The first-order chi connectivity index (χ1) is 6.31. The molecule has 0 bridgehead atoms. The molecule has 0 aliphatic carbocycles. The standard InChI is InChI=1S/C7H7N5O/c8-7-11-4(3-13)5-6(12-7)10-2-1-9-5/h1-2,13H,3H2,(H2,8,10,11,12). The zero-order chi connectivity index (χ0) is 9.26. The van der Waals surface area contributed by atoms with E-state index >= 15 is 0 Å². The molecule has 0 fully saturated rings. The fourth-order valence-electron chi connectivity index (χ4n) is 1.05. The normalized spacial score (nSPS) is 10.5. The quantitative estimate of drug-likeness (QED) is 0.609. The summed E-state index contributed by atoms with van der Waals surface area (Å²) < 4.78 is 0. The van der Waals surface area contributed by atoms with Crippen LogP contribution in [0.15, 0.2) is 12.4 Å². The van der Waals surface area contributed by atoms with Crippen molar-refractivity contribution in [3.63, 3.8) is 0 Å². The van der Waals surface area contributed by atoms with Gasteiger partial charge in [-0.25, -0.2) is 15.0 Å². The monoisotopic (exact) mass is 177 g/mol. The predicted octanol–water partition coefficient (Wildman–Crippen LogP) is -0.506. The molecule has 2 heterocycles. The number of fused-ring (bicyclic) bond motifs is 1. The third-order valence-corrected chi connectivity index (χ3v) is 1.57. The highest BCUT2D eigenvalue weighted by Crippen LogP contribution is 2.10. The number of hydrogen-bond donors (Lipinski definition) is 2. The van der Waals surface area contributed by atoms with E-state index in [1.165, 1.54) is 12.4 Å². The zero-order valence-corrected chi connectivity index (χ0v) is 6.68. The Bertz CT molecular complexity index is 444. The van der Waals surface area contributed by atoms with Crippen molar-refractivity contribution in [2.75, 3.05) is 5.73 Å². The molecule has 2 rings (SSSR count). The maximum Gasteiger partial charge on any atom is 0.222 e. The highest BCUT2D eigenvalue weighted by atomic mass is 16.3. The Morgan fingerprint density at radius 3 is 2.77 bits per heavy atom. The van der Waals surface area contributed by atoms with Crippen molar-refractivity contribution < 1.29 is 5.11 Å². The molecule has 0 atom stereocenters. The molecule has 0 unspecified atom stereocenters. The van der Waals surface area contributed by atoms with Crippen LogP contribution in [-0.4, -0.2) is 25.0 Å². The van der Waals surface area contributed by atoms with Crippen molar-refractivity contribution in [3.05, 3.63) is 18.1 Å². The van der Waals surface area contributed by atoms with Gasteiger partial charge in [0.25, 0.3) is 0 Å². The van der Waals surface area contributed by atoms with Gasteiger partial charge in [0.05, 0.1) is 12.3 Å². The third kappa shape index (κ3) is 1.27. The Morgan fingerprint density at radius 1 is 1.23 bits per heavy atom. The molecule has 0 aliphatic heterocycles. The van der Waals surface area contributed by atoms with Crippen molar-refractivity contribution in [1.29, 1.82) is 0 Å². The van der Waals surface area contributed by atoms with Crippen LogP contribution in [-0.2, 0) is 6.61 Å². The van der Waals surface area contributed by atoms with Gasteiger partial charge in [-0.2, -0.15) is 4.98 Å². The Kier molecular flexibility index (Phi) is 1.75. The van der Waals surface area contributed by atoms with E-state index in [-0.39, 0.29) is 12.6 Å². The number of aliphatic hydroxyl groups excluding tert-OH is 1. The fraction of sp³-hybridized carbons (Fsp3) is 0.143. The Balaban J connectivity index is 2.81. The average Bonchev–Trinajstić information content (AvgIpc) is 2.16. The van der Waals surface area contributed by atoms with Gasteiger partial charge in [-0.05, 0) is 0 Å². The van der Waals surface area contributed by atoms with Gasteiger partial charge in [-0.1, -0.05) is 0 Å². The molecule has 0 aliphatic rings. The number of nitrogens with two attached hydrogens (primary N) is 1. The molecule has 0 saturated carbocycles. The molecule has 0 radical (unpaired) electrons. The minimum absolute atomic E-state index is 0.0945. The van der Waals surface area contributed by atoms with Crippen LogP contribution in [0.5, 0.6) is 0 Å². The molecule has 6 heteroatoms. The third-order valence-electron chi connectivity index (χ3n) is 1.57. The number of hydrogen-bond acceptors (Lipinski definition) is 6. The van der Waals surface area contributed by atoms with E-state index in [0.717, 1.165) is 0 Å². The first-order valence-electron chi connectivity index (χ1n) is 3.65. The summed E-state index contributed by atoms with van der Waals surface area (Å²) in [6.45, 7) is -0.220. The highest BCUT2D eigenvalue weighted by Gasteiger charge is 2.05. The van der Waals surface area contributed by atoms with Gasteiger partial charge in [0.1, 0.15) is 5.52 Å². The minimum atomic E-state index is -0.220. The Morgan fingerprint density at radius 2 is 2.00 bits per heavy atom. The summed E-state index contributed by atoms with van der Waals surface area (Å²) in [4.78, 5) is 15.6. The van der Waals surface area contributed by atoms with Gasteiger partial charge < -0.3 is 10.8 Å². The molecular formula is C7H7N5O. The molecule has 13 heavy (non-hydrogen) atoms. The average molecular weight is 177 g/mol. The number of rotatable bonds is 1. The molecule has 66 valence electrons. The van der Waals surface area contributed by atoms with Crippen molar-refractivity contribution in [2.24, 2.45) is 0 Å². The molecular weight excluding hydrogens is 170 g/mol. The van der Waals surface area contributed by atoms with Crippen LogP contribution in [0, 0.1) is 0 Å². The van der Waals surface area contributed by atoms with E-state index in [4.69, 9.17) is 10.8 Å². The first-order valence-corrected chi connectivity index (χ1v) is 3.65. The van der Waals surface area contributed by atoms with E-state index in [2.05, 4.69) is 19.9 Å². The van der Waals surface area contributed by atoms with Gasteiger partial charge in [0, 0.05) is 12.4 Å². The summed E-state index contributed by atoms with van der Waals surface area (Å²) in [6, 6.07) is 0. The maximum absolute atomic E-state index is 8.95. The van der Waals surface area contributed by atoms with Gasteiger partial charge in [0.2, 0.25) is 5.95 Å². The number of aromatic nitrogens is 4. The summed E-state index contributed by atoms with van der Waals surface area (Å²) >= 11 is 0. The van der Waals surface area contributed by atoms with Crippen molar-refractivity contribution in [1.82, 2.24) is 19.9 Å². The first kappa shape index (κ1) is 7.81. The van der Waals surface area contributed by atoms with Crippen LogP contribution in [0.2, 0.25) is 0 Å². The van der Waals surface area contributed by atoms with Gasteiger partial charge >= 0.3 is 0 Å². The van der Waals surface area contributed by atoms with Crippen molar-refractivity contribution >= 4 is 17.1 Å². The number of aliphatic hydroxyl groups is 1. The largest absolute Gasteiger partial charge is 0.390 e. The van der Waals surface area contributed by atoms with Crippen LogP contribution < -0.4 is 5.73 Å². The molecule has 0 amide bonds. The summed E-state index contributed by atoms with van der Waals surface area (Å²) in [5, 5.41) is 8.95. The summed E-state index contributed by atoms with van der Waals surface area (Å²) in [7, 11) is 0. The molecule has 0 aromatic carbocycles. The number of nitrogen functional groups attached to an aromatic ring is 1. The van der Waals surface area contributed by atoms with E-state index in [1.54, 1.807) is 0 Å². The Hall–Kier alpha value is -1.82. The van der Waals surface area contributed by atoms with Gasteiger partial charge in [0.15, 0.2) is 5.65 Å². The highest BCUT2D eigenvalue weighted by molar-refractivity contribution is 5.72. The van der Waals surface area contributed by atoms with E-state index in [0.29, 0.717) is 16.9 Å². The molecule has 2 aromatic rings. The van der Waals surface area contributed by atoms with E-state index in [9.17, 15) is 0 Å². The molecule has 0 saturated heterocycles. The lowest BCUT2D eigenvalue weighted by Crippen LogP contribution is -2.02. The van der Waals surface area contributed by atoms with Crippen molar-refractivity contribution in [3.8, 4) is 0 Å². The van der Waals surface area contributed by atoms with Gasteiger partial charge in [-0.3, -0.25) is 0 Å². The molecule has 6 nitrogen and oxygen atoms in total. The SMILES string of the molecule is Nc1nc(CO)c2nccnc2n1. The number of nitrogens with zero attached hydrogens (tertiary/aromatic N) is 4. The molecule has 0 spiro atoms. The zero-order valence-electron chi connectivity index (χ0n) is 6.68. The fourth-order valence-corrected chi connectivity index (χ4v) is 1.05. The second-order valence-electron chi connectivity index (χ2n) is 2.42. The topological polar surface area (TPSA) is 97.8 Å². The summed E-state index contributed by atoms with van der Waals surface area (Å²) in [6.07, 6.45) is 3.02. The summed E-state index contributed by atoms with van der Waals surface area (Å²) in [5.41, 5.74) is 6.69. The van der Waals surface area contributed by atoms with Crippen LogP contribution in [0.3, 0.4) is 0 Å². The maximum atomic E-state index is 8.95. The second kappa shape index (κ2) is 2.91. The van der Waals surface area contributed by atoms with Crippen molar-refractivity contribution in [2.45, 2.75) is 6.61 Å². The summed E-state index contributed by atoms with van der Waals surface area (Å²) in [5.74, 6) is 0.0945. The minimum Gasteiger partial charge on any atom is -0.390 e. The molecule has 3 N–H and O–H groups in total. The van der Waals surface area contributed by atoms with Crippen LogP contribution in [0.1, 0.15) is 5.69 Å². The lowest BCUT2D eigenvalue weighted by Gasteiger charge is -2.00. The van der Waals surface area contributed by atoms with Crippen LogP contribution >= 0.6 is 0 Å². The van der Waals surface area contributed by atoms with E-state index < -0.39 is 0 Å².